The minimum Gasteiger partial charge on any atom is -0.453 e. The van der Waals surface area contributed by atoms with Crippen LogP contribution in [0.1, 0.15) is 71.1 Å². The Balaban J connectivity index is 3.38. The minimum atomic E-state index is -0.303. The van der Waals surface area contributed by atoms with Crippen LogP contribution in [-0.2, 0) is 9.47 Å². The zero-order valence-corrected chi connectivity index (χ0v) is 13.7. The molecule has 0 N–H and O–H groups in total. The Bertz CT molecular complexity index is 222. The van der Waals surface area contributed by atoms with Crippen LogP contribution in [0.5, 0.6) is 0 Å². The van der Waals surface area contributed by atoms with Crippen LogP contribution in [0.3, 0.4) is 0 Å². The van der Waals surface area contributed by atoms with E-state index >= 15 is 0 Å². The molecule has 0 heterocycles. The van der Waals surface area contributed by atoms with Gasteiger partial charge in [0.05, 0.1) is 7.11 Å². The highest BCUT2D eigenvalue weighted by molar-refractivity contribution is 5.67. The van der Waals surface area contributed by atoms with Gasteiger partial charge in [0.25, 0.3) is 0 Å². The summed E-state index contributed by atoms with van der Waals surface area (Å²) in [5.74, 6) is 0. The van der Waals surface area contributed by atoms with Crippen LogP contribution >= 0.6 is 0 Å². The first kappa shape index (κ1) is 19.2. The van der Waals surface area contributed by atoms with Gasteiger partial charge in [-0.3, -0.25) is 4.90 Å². The van der Waals surface area contributed by atoms with Gasteiger partial charge in [0.1, 0.15) is 6.73 Å². The van der Waals surface area contributed by atoms with Gasteiger partial charge in [-0.05, 0) is 6.42 Å². The first-order chi connectivity index (χ1) is 9.76. The number of carbonyl (C=O) groups excluding carboxylic acids is 1. The topological polar surface area (TPSA) is 38.8 Å². The molecule has 4 heteroatoms. The lowest BCUT2D eigenvalue weighted by atomic mass is 10.1. The minimum absolute atomic E-state index is 0.303. The van der Waals surface area contributed by atoms with E-state index in [-0.39, 0.29) is 6.09 Å². The lowest BCUT2D eigenvalue weighted by Crippen LogP contribution is -2.33. The molecule has 0 spiro atoms. The summed E-state index contributed by atoms with van der Waals surface area (Å²) in [5, 5.41) is 0. The second-order valence-electron chi connectivity index (χ2n) is 5.33. The molecule has 0 aliphatic carbocycles. The van der Waals surface area contributed by atoms with E-state index < -0.39 is 0 Å². The standard InChI is InChI=1S/C16H33NO3/c1-4-5-6-7-8-9-10-11-12-13-14-17(15-19-2)16(18)20-3/h4-15H2,1-3H3. The van der Waals surface area contributed by atoms with Gasteiger partial charge in [0.15, 0.2) is 0 Å². The van der Waals surface area contributed by atoms with Crippen LogP contribution in [0.2, 0.25) is 0 Å². The molecule has 0 aliphatic heterocycles. The summed E-state index contributed by atoms with van der Waals surface area (Å²) >= 11 is 0. The molecule has 0 aromatic carbocycles. The van der Waals surface area contributed by atoms with Crippen molar-refractivity contribution in [1.82, 2.24) is 4.90 Å². The fraction of sp³-hybridized carbons (Fsp3) is 0.938. The molecule has 1 amide bonds. The molecule has 0 atom stereocenters. The normalized spacial score (nSPS) is 10.6. The van der Waals surface area contributed by atoms with E-state index in [1.165, 1.54) is 64.9 Å². The highest BCUT2D eigenvalue weighted by atomic mass is 16.6. The maximum absolute atomic E-state index is 11.4. The van der Waals surface area contributed by atoms with E-state index in [9.17, 15) is 4.79 Å². The molecule has 0 aromatic rings. The Hall–Kier alpha value is -0.770. The van der Waals surface area contributed by atoms with Crippen molar-refractivity contribution in [1.29, 1.82) is 0 Å². The Morgan fingerprint density at radius 2 is 1.35 bits per heavy atom. The lowest BCUT2D eigenvalue weighted by molar-refractivity contribution is 0.0498. The maximum atomic E-state index is 11.4. The smallest absolute Gasteiger partial charge is 0.411 e. The van der Waals surface area contributed by atoms with Gasteiger partial charge in [-0.25, -0.2) is 4.79 Å². The van der Waals surface area contributed by atoms with Gasteiger partial charge in [-0.1, -0.05) is 64.7 Å². The van der Waals surface area contributed by atoms with Crippen LogP contribution in [0, 0.1) is 0 Å². The molecule has 20 heavy (non-hydrogen) atoms. The second-order valence-corrected chi connectivity index (χ2v) is 5.33. The van der Waals surface area contributed by atoms with Crippen molar-refractivity contribution < 1.29 is 14.3 Å². The number of nitrogens with zero attached hydrogens (tertiary/aromatic N) is 1. The zero-order chi connectivity index (χ0) is 15.1. The quantitative estimate of drug-likeness (QED) is 0.367. The van der Waals surface area contributed by atoms with Crippen molar-refractivity contribution in [2.75, 3.05) is 27.5 Å². The largest absolute Gasteiger partial charge is 0.453 e. The average Bonchev–Trinajstić information content (AvgIpc) is 2.47. The second kappa shape index (κ2) is 14.6. The molecule has 0 aromatic heterocycles. The Kier molecular flexibility index (Phi) is 14.1. The summed E-state index contributed by atoms with van der Waals surface area (Å²) in [6.45, 7) is 3.28. The molecule has 4 nitrogen and oxygen atoms in total. The van der Waals surface area contributed by atoms with E-state index in [1.807, 2.05) is 0 Å². The van der Waals surface area contributed by atoms with Gasteiger partial charge in [0.2, 0.25) is 0 Å². The first-order valence-corrected chi connectivity index (χ1v) is 8.08. The van der Waals surface area contributed by atoms with Gasteiger partial charge in [0, 0.05) is 13.7 Å². The molecular weight excluding hydrogens is 254 g/mol. The molecular formula is C16H33NO3. The summed E-state index contributed by atoms with van der Waals surface area (Å²) in [5.41, 5.74) is 0. The van der Waals surface area contributed by atoms with E-state index in [2.05, 4.69) is 6.92 Å². The number of carbonyl (C=O) groups is 1. The summed E-state index contributed by atoms with van der Waals surface area (Å²) in [4.78, 5) is 13.0. The number of amides is 1. The van der Waals surface area contributed by atoms with Crippen molar-refractivity contribution in [3.8, 4) is 0 Å². The maximum Gasteiger partial charge on any atom is 0.411 e. The Morgan fingerprint density at radius 3 is 1.80 bits per heavy atom. The van der Waals surface area contributed by atoms with Crippen molar-refractivity contribution in [3.63, 3.8) is 0 Å². The third-order valence-corrected chi connectivity index (χ3v) is 3.50. The van der Waals surface area contributed by atoms with Crippen LogP contribution in [0.25, 0.3) is 0 Å². The third-order valence-electron chi connectivity index (χ3n) is 3.50. The SMILES string of the molecule is CCCCCCCCCCCCN(COC)C(=O)OC. The molecule has 0 saturated carbocycles. The fourth-order valence-electron chi connectivity index (χ4n) is 2.28. The highest BCUT2D eigenvalue weighted by Gasteiger charge is 2.11. The summed E-state index contributed by atoms with van der Waals surface area (Å²) < 4.78 is 9.71. The van der Waals surface area contributed by atoms with Crippen LogP contribution in [0.4, 0.5) is 4.79 Å². The zero-order valence-electron chi connectivity index (χ0n) is 13.7. The Morgan fingerprint density at radius 1 is 0.850 bits per heavy atom. The van der Waals surface area contributed by atoms with Crippen LogP contribution < -0.4 is 0 Å². The number of methoxy groups -OCH3 is 2. The van der Waals surface area contributed by atoms with E-state index in [1.54, 1.807) is 12.0 Å². The van der Waals surface area contributed by atoms with Crippen molar-refractivity contribution in [2.45, 2.75) is 71.1 Å². The van der Waals surface area contributed by atoms with Gasteiger partial charge >= 0.3 is 6.09 Å². The molecule has 0 radical (unpaired) electrons. The van der Waals surface area contributed by atoms with Crippen LogP contribution in [0.15, 0.2) is 0 Å². The number of hydrogen-bond donors (Lipinski definition) is 0. The number of rotatable bonds is 13. The van der Waals surface area contributed by atoms with E-state index in [0.717, 1.165) is 13.0 Å². The van der Waals surface area contributed by atoms with Gasteiger partial charge < -0.3 is 9.47 Å². The molecule has 0 fully saturated rings. The summed E-state index contributed by atoms with van der Waals surface area (Å²) in [7, 11) is 3.00. The molecule has 0 bridgehead atoms. The third kappa shape index (κ3) is 11.1. The predicted octanol–water partition coefficient (Wildman–Crippen LogP) is 4.58. The van der Waals surface area contributed by atoms with E-state index in [4.69, 9.17) is 9.47 Å². The Labute approximate surface area is 124 Å². The fourth-order valence-corrected chi connectivity index (χ4v) is 2.28. The van der Waals surface area contributed by atoms with Gasteiger partial charge in [-0.15, -0.1) is 0 Å². The van der Waals surface area contributed by atoms with Crippen molar-refractivity contribution in [3.05, 3.63) is 0 Å². The lowest BCUT2D eigenvalue weighted by Gasteiger charge is -2.19. The van der Waals surface area contributed by atoms with Crippen molar-refractivity contribution >= 4 is 6.09 Å². The summed E-state index contributed by atoms with van der Waals surface area (Å²) in [6, 6.07) is 0. The molecule has 120 valence electrons. The molecule has 0 unspecified atom stereocenters. The monoisotopic (exact) mass is 287 g/mol. The number of hydrogen-bond acceptors (Lipinski definition) is 3. The summed E-state index contributed by atoms with van der Waals surface area (Å²) in [6.07, 6.45) is 12.7. The number of ether oxygens (including phenoxy) is 2. The molecule has 0 aliphatic rings. The predicted molar refractivity (Wildman–Crippen MR) is 82.8 cm³/mol. The molecule has 0 rings (SSSR count). The first-order valence-electron chi connectivity index (χ1n) is 8.08. The van der Waals surface area contributed by atoms with Crippen LogP contribution in [-0.4, -0.2) is 38.5 Å². The van der Waals surface area contributed by atoms with E-state index in [0.29, 0.717) is 6.73 Å². The number of unbranched alkanes of at least 4 members (excludes halogenated alkanes) is 9. The molecule has 0 saturated heterocycles. The highest BCUT2D eigenvalue weighted by Crippen LogP contribution is 2.11. The average molecular weight is 287 g/mol. The van der Waals surface area contributed by atoms with Gasteiger partial charge in [-0.2, -0.15) is 0 Å². The van der Waals surface area contributed by atoms with Crippen molar-refractivity contribution in [2.24, 2.45) is 0 Å².